The Kier molecular flexibility index (Phi) is 6.56. The zero-order valence-corrected chi connectivity index (χ0v) is 23.3. The number of nitrogens with zero attached hydrogens (tertiary/aromatic N) is 3. The van der Waals surface area contributed by atoms with Crippen molar-refractivity contribution < 1.29 is 22.8 Å². The Morgan fingerprint density at radius 1 is 1.02 bits per heavy atom. The van der Waals surface area contributed by atoms with E-state index >= 15 is 0 Å². The highest BCUT2D eigenvalue weighted by molar-refractivity contribution is 7.86. The highest BCUT2D eigenvalue weighted by Crippen LogP contribution is 2.55. The first-order valence-electron chi connectivity index (χ1n) is 13.2. The van der Waals surface area contributed by atoms with Crippen LogP contribution in [-0.4, -0.2) is 38.0 Å². The van der Waals surface area contributed by atoms with Gasteiger partial charge in [-0.2, -0.15) is 8.42 Å². The van der Waals surface area contributed by atoms with Crippen LogP contribution in [0.4, 0.5) is 5.82 Å². The van der Waals surface area contributed by atoms with Crippen molar-refractivity contribution in [3.8, 4) is 17.0 Å². The van der Waals surface area contributed by atoms with E-state index in [1.54, 1.807) is 16.7 Å². The number of aliphatic hydroxyl groups is 1. The minimum Gasteiger partial charge on any atom is -0.489 e. The predicted octanol–water partition coefficient (Wildman–Crippen LogP) is 4.72. The van der Waals surface area contributed by atoms with E-state index in [1.165, 1.54) is 6.20 Å². The van der Waals surface area contributed by atoms with E-state index in [0.717, 1.165) is 16.7 Å². The second-order valence-corrected chi connectivity index (χ2v) is 12.5. The third kappa shape index (κ3) is 4.84. The van der Waals surface area contributed by atoms with Crippen LogP contribution in [0.1, 0.15) is 35.4 Å². The number of hydrogen-bond donors (Lipinski definition) is 3. The molecule has 5 aromatic rings. The Bertz CT molecular complexity index is 1850. The number of anilines is 1. The summed E-state index contributed by atoms with van der Waals surface area (Å²) in [6.45, 7) is 2.31. The predicted molar refractivity (Wildman–Crippen MR) is 156 cm³/mol. The summed E-state index contributed by atoms with van der Waals surface area (Å²) in [6.07, 6.45) is 2.81. The molecule has 2 aromatic heterocycles. The third-order valence-corrected chi connectivity index (χ3v) is 9.31. The smallest absolute Gasteiger partial charge is 0.278 e. The van der Waals surface area contributed by atoms with Crippen molar-refractivity contribution in [2.45, 2.75) is 43.1 Å². The van der Waals surface area contributed by atoms with Crippen molar-refractivity contribution >= 4 is 21.5 Å². The summed E-state index contributed by atoms with van der Waals surface area (Å²) in [4.78, 5) is 8.98. The highest BCUT2D eigenvalue weighted by Gasteiger charge is 2.64. The van der Waals surface area contributed by atoms with E-state index in [0.29, 0.717) is 29.1 Å². The van der Waals surface area contributed by atoms with E-state index in [-0.39, 0.29) is 30.9 Å². The SMILES string of the molecule is Cc1ccccc1CC1(O)CC(c2nc(-c3cccc(OCc4ccccc4)c3)c3c(N)nccn23)(S(=O)(=O)O)C1. The number of ether oxygens (including phenoxy) is 1. The molecule has 0 bridgehead atoms. The topological polar surface area (TPSA) is 140 Å². The molecule has 10 heteroatoms. The van der Waals surface area contributed by atoms with Gasteiger partial charge in [0.15, 0.2) is 4.75 Å². The number of benzene rings is 3. The van der Waals surface area contributed by atoms with Crippen molar-refractivity contribution in [1.82, 2.24) is 14.4 Å². The molecule has 3 aromatic carbocycles. The Hall–Kier alpha value is -4.25. The lowest BCUT2D eigenvalue weighted by Crippen LogP contribution is -2.60. The number of nitrogens with two attached hydrogens (primary N) is 1. The molecule has 9 nitrogen and oxygen atoms in total. The maximum atomic E-state index is 13.0. The van der Waals surface area contributed by atoms with E-state index in [1.807, 2.05) is 79.7 Å². The first-order chi connectivity index (χ1) is 19.6. The van der Waals surface area contributed by atoms with Crippen molar-refractivity contribution in [2.75, 3.05) is 5.73 Å². The zero-order valence-electron chi connectivity index (χ0n) is 22.4. The van der Waals surface area contributed by atoms with Gasteiger partial charge in [-0.3, -0.25) is 8.95 Å². The van der Waals surface area contributed by atoms with Gasteiger partial charge in [0.2, 0.25) is 0 Å². The second kappa shape index (κ2) is 9.99. The Balaban J connectivity index is 1.40. The van der Waals surface area contributed by atoms with Gasteiger partial charge >= 0.3 is 0 Å². The van der Waals surface area contributed by atoms with Crippen LogP contribution in [0, 0.1) is 6.92 Å². The molecular weight excluding hydrogens is 540 g/mol. The lowest BCUT2D eigenvalue weighted by atomic mass is 9.66. The van der Waals surface area contributed by atoms with E-state index in [4.69, 9.17) is 15.5 Å². The molecule has 0 unspecified atom stereocenters. The van der Waals surface area contributed by atoms with Crippen LogP contribution in [0.25, 0.3) is 16.8 Å². The molecule has 1 fully saturated rings. The van der Waals surface area contributed by atoms with Crippen LogP contribution in [0.2, 0.25) is 0 Å². The Labute approximate surface area is 238 Å². The molecule has 41 heavy (non-hydrogen) atoms. The van der Waals surface area contributed by atoms with Gasteiger partial charge in [0.1, 0.15) is 35.2 Å². The minimum atomic E-state index is -4.70. The Morgan fingerprint density at radius 3 is 2.49 bits per heavy atom. The zero-order chi connectivity index (χ0) is 28.8. The van der Waals surface area contributed by atoms with Gasteiger partial charge in [0, 0.05) is 37.2 Å². The lowest BCUT2D eigenvalue weighted by Gasteiger charge is -2.50. The summed E-state index contributed by atoms with van der Waals surface area (Å²) < 4.78 is 42.3. The summed E-state index contributed by atoms with van der Waals surface area (Å²) in [7, 11) is -4.70. The molecule has 0 spiro atoms. The highest BCUT2D eigenvalue weighted by atomic mass is 32.2. The molecule has 1 aliphatic carbocycles. The van der Waals surface area contributed by atoms with Gasteiger partial charge < -0.3 is 15.6 Å². The van der Waals surface area contributed by atoms with Gasteiger partial charge in [-0.25, -0.2) is 9.97 Å². The van der Waals surface area contributed by atoms with Crippen molar-refractivity contribution in [3.63, 3.8) is 0 Å². The molecule has 4 N–H and O–H groups in total. The van der Waals surface area contributed by atoms with Gasteiger partial charge in [0.25, 0.3) is 10.1 Å². The van der Waals surface area contributed by atoms with Crippen LogP contribution in [-0.2, 0) is 27.9 Å². The standard InChI is InChI=1S/C31H30N4O5S/c1-21-8-5-6-11-24(21)17-30(36)19-31(20-30,41(37,38)39)29-34-26(27-28(32)33-14-15-35(27)29)23-12-7-13-25(16-23)40-18-22-9-3-2-4-10-22/h2-16,36H,17-20H2,1H3,(H2,32,33)(H,37,38,39). The molecule has 1 aliphatic rings. The molecule has 1 saturated carbocycles. The lowest BCUT2D eigenvalue weighted by molar-refractivity contribution is -0.0674. The molecular formula is C31H30N4O5S. The fourth-order valence-corrected chi connectivity index (χ4v) is 7.09. The summed E-state index contributed by atoms with van der Waals surface area (Å²) in [5.41, 5.74) is 9.30. The molecule has 2 heterocycles. The average molecular weight is 571 g/mol. The molecule has 0 aliphatic heterocycles. The first-order valence-corrected chi connectivity index (χ1v) is 14.7. The monoisotopic (exact) mass is 570 g/mol. The second-order valence-electron chi connectivity index (χ2n) is 10.8. The van der Waals surface area contributed by atoms with Gasteiger partial charge in [-0.1, -0.05) is 66.7 Å². The summed E-state index contributed by atoms with van der Waals surface area (Å²) in [5.74, 6) is 0.818. The number of rotatable bonds is 8. The van der Waals surface area contributed by atoms with Gasteiger partial charge in [-0.05, 0) is 35.7 Å². The largest absolute Gasteiger partial charge is 0.489 e. The molecule has 210 valence electrons. The van der Waals surface area contributed by atoms with Crippen LogP contribution >= 0.6 is 0 Å². The van der Waals surface area contributed by atoms with Crippen LogP contribution in [0.15, 0.2) is 91.3 Å². The first kappa shape index (κ1) is 26.9. The number of hydrogen-bond acceptors (Lipinski definition) is 7. The van der Waals surface area contributed by atoms with Crippen molar-refractivity contribution in [3.05, 3.63) is 114 Å². The number of fused-ring (bicyclic) bond motifs is 1. The van der Waals surface area contributed by atoms with Crippen LogP contribution < -0.4 is 10.5 Å². The number of aryl methyl sites for hydroxylation is 1. The summed E-state index contributed by atoms with van der Waals surface area (Å²) in [6, 6.07) is 24.7. The number of imidazole rings is 1. The minimum absolute atomic E-state index is 0.0733. The Morgan fingerprint density at radius 2 is 1.76 bits per heavy atom. The van der Waals surface area contributed by atoms with Crippen LogP contribution in [0.3, 0.4) is 0 Å². The maximum Gasteiger partial charge on any atom is 0.278 e. The van der Waals surface area contributed by atoms with Crippen molar-refractivity contribution in [2.24, 2.45) is 0 Å². The molecule has 0 saturated heterocycles. The molecule has 0 atom stereocenters. The van der Waals surface area contributed by atoms with E-state index in [2.05, 4.69) is 4.98 Å². The van der Waals surface area contributed by atoms with E-state index < -0.39 is 20.5 Å². The fraction of sp³-hybridized carbons (Fsp3) is 0.226. The fourth-order valence-electron chi connectivity index (χ4n) is 5.82. The van der Waals surface area contributed by atoms with Gasteiger partial charge in [0.05, 0.1) is 5.60 Å². The normalized spacial score (nSPS) is 20.6. The number of nitrogen functional groups attached to an aromatic ring is 1. The van der Waals surface area contributed by atoms with Crippen LogP contribution in [0.5, 0.6) is 5.75 Å². The third-order valence-electron chi connectivity index (χ3n) is 7.85. The van der Waals surface area contributed by atoms with Gasteiger partial charge in [-0.15, -0.1) is 0 Å². The quantitative estimate of drug-likeness (QED) is 0.228. The molecule has 0 amide bonds. The number of aromatic nitrogens is 3. The van der Waals surface area contributed by atoms with E-state index in [9.17, 15) is 18.1 Å². The average Bonchev–Trinajstić information content (AvgIpc) is 3.33. The maximum absolute atomic E-state index is 13.0. The molecule has 6 rings (SSSR count). The van der Waals surface area contributed by atoms with Crippen molar-refractivity contribution in [1.29, 1.82) is 0 Å². The summed E-state index contributed by atoms with van der Waals surface area (Å²) in [5, 5.41) is 11.4. The molecule has 0 radical (unpaired) electrons. The summed E-state index contributed by atoms with van der Waals surface area (Å²) >= 11 is 0.